The molecule has 7 nitrogen and oxygen atoms in total. The monoisotopic (exact) mass is 430 g/mol. The van der Waals surface area contributed by atoms with Crippen molar-refractivity contribution in [2.75, 3.05) is 19.7 Å². The highest BCUT2D eigenvalue weighted by molar-refractivity contribution is 7.09. The zero-order valence-corrected chi connectivity index (χ0v) is 18.6. The summed E-state index contributed by atoms with van der Waals surface area (Å²) in [6.07, 6.45) is 0.129. The molecule has 8 heteroatoms. The second-order valence-corrected chi connectivity index (χ2v) is 8.56. The van der Waals surface area contributed by atoms with Gasteiger partial charge in [-0.05, 0) is 24.6 Å². The average molecular weight is 431 g/mol. The molecule has 1 aromatic heterocycles. The number of aromatic nitrogens is 1. The molecule has 0 radical (unpaired) electrons. The first-order valence-electron chi connectivity index (χ1n) is 10.4. The molecule has 0 spiro atoms. The number of hydrogen-bond acceptors (Lipinski definition) is 6. The van der Waals surface area contributed by atoms with Crippen LogP contribution in [0.5, 0.6) is 5.75 Å². The normalized spacial score (nSPS) is 17.1. The Morgan fingerprint density at radius 1 is 1.37 bits per heavy atom. The molecule has 3 rings (SSSR count). The van der Waals surface area contributed by atoms with Gasteiger partial charge < -0.3 is 15.4 Å². The van der Waals surface area contributed by atoms with Crippen molar-refractivity contribution in [2.45, 2.75) is 52.2 Å². The highest BCUT2D eigenvalue weighted by Gasteiger charge is 2.31. The Kier molecular flexibility index (Phi) is 7.81. The van der Waals surface area contributed by atoms with Crippen molar-refractivity contribution in [1.82, 2.24) is 20.5 Å². The van der Waals surface area contributed by atoms with E-state index in [1.807, 2.05) is 36.6 Å². The van der Waals surface area contributed by atoms with Crippen LogP contribution in [0.1, 0.15) is 49.4 Å². The minimum atomic E-state index is -0.480. The Morgan fingerprint density at radius 3 is 2.80 bits per heavy atom. The van der Waals surface area contributed by atoms with E-state index in [1.54, 1.807) is 11.3 Å². The summed E-state index contributed by atoms with van der Waals surface area (Å²) >= 11 is 1.61. The van der Waals surface area contributed by atoms with Gasteiger partial charge in [0.1, 0.15) is 5.75 Å². The number of carbonyl (C=O) groups is 2. The SMILES string of the molecule is CCOc1ccc(CN2CCNC(=O)[C@H]2CC(=O)NCc2csc(C(C)C)n2)cc1. The second kappa shape index (κ2) is 10.5. The van der Waals surface area contributed by atoms with E-state index >= 15 is 0 Å². The quantitative estimate of drug-likeness (QED) is 0.639. The molecule has 1 aliphatic rings. The summed E-state index contributed by atoms with van der Waals surface area (Å²) in [6, 6.07) is 7.40. The number of nitrogens with one attached hydrogen (secondary N) is 2. The van der Waals surface area contributed by atoms with Gasteiger partial charge in [-0.1, -0.05) is 26.0 Å². The minimum absolute atomic E-state index is 0.0990. The number of hydrogen-bond donors (Lipinski definition) is 2. The molecule has 2 aromatic rings. The van der Waals surface area contributed by atoms with E-state index in [0.29, 0.717) is 38.7 Å². The maximum atomic E-state index is 12.5. The van der Waals surface area contributed by atoms with Gasteiger partial charge in [0.2, 0.25) is 11.8 Å². The Hall–Kier alpha value is -2.45. The predicted octanol–water partition coefficient (Wildman–Crippen LogP) is 2.67. The van der Waals surface area contributed by atoms with Gasteiger partial charge in [0.25, 0.3) is 0 Å². The lowest BCUT2D eigenvalue weighted by Gasteiger charge is -2.34. The molecule has 2 heterocycles. The molecular formula is C22H30N4O3S. The van der Waals surface area contributed by atoms with Gasteiger partial charge in [-0.25, -0.2) is 4.98 Å². The van der Waals surface area contributed by atoms with Crippen LogP contribution in [-0.4, -0.2) is 47.4 Å². The van der Waals surface area contributed by atoms with E-state index in [-0.39, 0.29) is 18.2 Å². The largest absolute Gasteiger partial charge is 0.494 e. The summed E-state index contributed by atoms with van der Waals surface area (Å²) < 4.78 is 5.48. The molecule has 0 saturated carbocycles. The fourth-order valence-corrected chi connectivity index (χ4v) is 4.21. The summed E-state index contributed by atoms with van der Waals surface area (Å²) in [7, 11) is 0. The molecule has 2 amide bonds. The predicted molar refractivity (Wildman–Crippen MR) is 117 cm³/mol. The fraction of sp³-hybridized carbons (Fsp3) is 0.500. The number of ether oxygens (including phenoxy) is 1. The van der Waals surface area contributed by atoms with Crippen molar-refractivity contribution < 1.29 is 14.3 Å². The Bertz CT molecular complexity index is 850. The lowest BCUT2D eigenvalue weighted by atomic mass is 10.1. The topological polar surface area (TPSA) is 83.6 Å². The third kappa shape index (κ3) is 6.03. The van der Waals surface area contributed by atoms with Crippen LogP contribution in [0.4, 0.5) is 0 Å². The molecule has 1 atom stereocenters. The summed E-state index contributed by atoms with van der Waals surface area (Å²) in [5, 5.41) is 8.82. The van der Waals surface area contributed by atoms with Gasteiger partial charge in [-0.2, -0.15) is 0 Å². The van der Waals surface area contributed by atoms with E-state index < -0.39 is 6.04 Å². The van der Waals surface area contributed by atoms with Gasteiger partial charge >= 0.3 is 0 Å². The van der Waals surface area contributed by atoms with E-state index in [1.165, 1.54) is 0 Å². The highest BCUT2D eigenvalue weighted by Crippen LogP contribution is 2.20. The first kappa shape index (κ1) is 22.2. The summed E-state index contributed by atoms with van der Waals surface area (Å²) in [5.74, 6) is 0.962. The van der Waals surface area contributed by atoms with Gasteiger partial charge in [-0.15, -0.1) is 11.3 Å². The molecule has 1 fully saturated rings. The summed E-state index contributed by atoms with van der Waals surface area (Å²) in [5.41, 5.74) is 1.94. The van der Waals surface area contributed by atoms with Crippen molar-refractivity contribution in [2.24, 2.45) is 0 Å². The first-order valence-corrected chi connectivity index (χ1v) is 11.3. The van der Waals surface area contributed by atoms with Gasteiger partial charge in [-0.3, -0.25) is 14.5 Å². The number of rotatable bonds is 9. The van der Waals surface area contributed by atoms with E-state index in [2.05, 4.69) is 34.4 Å². The van der Waals surface area contributed by atoms with Crippen molar-refractivity contribution in [3.8, 4) is 5.75 Å². The maximum Gasteiger partial charge on any atom is 0.237 e. The van der Waals surface area contributed by atoms with Gasteiger partial charge in [0.05, 0.1) is 36.3 Å². The Balaban J connectivity index is 1.56. The van der Waals surface area contributed by atoms with Crippen LogP contribution in [0.15, 0.2) is 29.6 Å². The van der Waals surface area contributed by atoms with E-state index in [0.717, 1.165) is 22.0 Å². The fourth-order valence-electron chi connectivity index (χ4n) is 3.37. The van der Waals surface area contributed by atoms with Crippen LogP contribution in [0.3, 0.4) is 0 Å². The molecule has 1 saturated heterocycles. The highest BCUT2D eigenvalue weighted by atomic mass is 32.1. The van der Waals surface area contributed by atoms with E-state index in [4.69, 9.17) is 4.74 Å². The van der Waals surface area contributed by atoms with Crippen molar-refractivity contribution >= 4 is 23.2 Å². The average Bonchev–Trinajstić information content (AvgIpc) is 3.20. The van der Waals surface area contributed by atoms with Crippen LogP contribution >= 0.6 is 11.3 Å². The number of piperazine rings is 1. The molecular weight excluding hydrogens is 400 g/mol. The van der Waals surface area contributed by atoms with Crippen LogP contribution in [-0.2, 0) is 22.7 Å². The molecule has 0 unspecified atom stereocenters. The zero-order valence-electron chi connectivity index (χ0n) is 17.8. The number of amides is 2. The number of nitrogens with zero attached hydrogens (tertiary/aromatic N) is 2. The van der Waals surface area contributed by atoms with Crippen LogP contribution < -0.4 is 15.4 Å². The number of benzene rings is 1. The number of thiazole rings is 1. The molecule has 1 aliphatic heterocycles. The van der Waals surface area contributed by atoms with Crippen LogP contribution in [0, 0.1) is 0 Å². The van der Waals surface area contributed by atoms with Crippen LogP contribution in [0.25, 0.3) is 0 Å². The zero-order chi connectivity index (χ0) is 21.5. The van der Waals surface area contributed by atoms with Gasteiger partial charge in [0, 0.05) is 30.9 Å². The molecule has 1 aromatic carbocycles. The smallest absolute Gasteiger partial charge is 0.237 e. The number of carbonyl (C=O) groups excluding carboxylic acids is 2. The van der Waals surface area contributed by atoms with Crippen LogP contribution in [0.2, 0.25) is 0 Å². The first-order chi connectivity index (χ1) is 14.5. The molecule has 0 bridgehead atoms. The maximum absolute atomic E-state index is 12.5. The molecule has 2 N–H and O–H groups in total. The van der Waals surface area contributed by atoms with E-state index in [9.17, 15) is 9.59 Å². The van der Waals surface area contributed by atoms with Gasteiger partial charge in [0.15, 0.2) is 0 Å². The van der Waals surface area contributed by atoms with Crippen molar-refractivity contribution in [1.29, 1.82) is 0 Å². The summed E-state index contributed by atoms with van der Waals surface area (Å²) in [4.78, 5) is 31.6. The minimum Gasteiger partial charge on any atom is -0.494 e. The summed E-state index contributed by atoms with van der Waals surface area (Å²) in [6.45, 7) is 9.07. The molecule has 30 heavy (non-hydrogen) atoms. The van der Waals surface area contributed by atoms with Crippen molar-refractivity contribution in [3.05, 3.63) is 45.9 Å². The lowest BCUT2D eigenvalue weighted by Crippen LogP contribution is -2.56. The second-order valence-electron chi connectivity index (χ2n) is 7.67. The van der Waals surface area contributed by atoms with Crippen molar-refractivity contribution in [3.63, 3.8) is 0 Å². The lowest BCUT2D eigenvalue weighted by molar-refractivity contribution is -0.134. The Labute approximate surface area is 181 Å². The Morgan fingerprint density at radius 2 is 2.13 bits per heavy atom. The standard InChI is InChI=1S/C22H30N4O3S/c1-4-29-18-7-5-16(6-8-18)13-26-10-9-23-21(28)19(26)11-20(27)24-12-17-14-30-22(25-17)15(2)3/h5-8,14-15,19H,4,9-13H2,1-3H3,(H,23,28)(H,24,27)/t19-/m1/s1. The third-order valence-electron chi connectivity index (χ3n) is 4.97. The molecule has 162 valence electrons. The third-order valence-corrected chi connectivity index (χ3v) is 6.16. The molecule has 0 aliphatic carbocycles.